The van der Waals surface area contributed by atoms with E-state index in [2.05, 4.69) is 27.7 Å². The van der Waals surface area contributed by atoms with Gasteiger partial charge in [0, 0.05) is 18.5 Å². The van der Waals surface area contributed by atoms with E-state index in [-0.39, 0.29) is 23.1 Å². The summed E-state index contributed by atoms with van der Waals surface area (Å²) in [6.07, 6.45) is 1.83. The zero-order valence-corrected chi connectivity index (χ0v) is 16.0. The number of unbranched alkanes of at least 4 members (excludes halogenated alkanes) is 1. The van der Waals surface area contributed by atoms with E-state index in [1.165, 1.54) is 12.1 Å². The summed E-state index contributed by atoms with van der Waals surface area (Å²) in [6, 6.07) is 4.51. The highest BCUT2D eigenvalue weighted by atomic mass is 16.5. The van der Waals surface area contributed by atoms with Crippen LogP contribution >= 0.6 is 0 Å². The van der Waals surface area contributed by atoms with Crippen LogP contribution in [-0.4, -0.2) is 22.2 Å². The summed E-state index contributed by atoms with van der Waals surface area (Å²) in [5, 5.41) is 10.3. The first-order chi connectivity index (χ1) is 12.2. The van der Waals surface area contributed by atoms with E-state index >= 15 is 0 Å². The van der Waals surface area contributed by atoms with Crippen LogP contribution in [0, 0.1) is 5.41 Å². The Balaban J connectivity index is 2.80. The number of carbonyl (C=O) groups is 1. The molecule has 0 radical (unpaired) electrons. The molecule has 0 aliphatic rings. The second-order valence-electron chi connectivity index (χ2n) is 7.70. The number of carboxylic acid groups (broad SMARTS) is 1. The molecule has 6 heteroatoms. The molecule has 1 aromatic heterocycles. The van der Waals surface area contributed by atoms with Gasteiger partial charge in [0.15, 0.2) is 0 Å². The molecule has 142 valence electrons. The van der Waals surface area contributed by atoms with E-state index in [1.807, 2.05) is 0 Å². The van der Waals surface area contributed by atoms with Crippen molar-refractivity contribution in [1.82, 2.24) is 4.57 Å². The van der Waals surface area contributed by atoms with Gasteiger partial charge >= 0.3 is 5.97 Å². The largest absolute Gasteiger partial charge is 0.491 e. The average Bonchev–Trinajstić information content (AvgIpc) is 2.57. The van der Waals surface area contributed by atoms with Gasteiger partial charge in [-0.05, 0) is 30.0 Å². The summed E-state index contributed by atoms with van der Waals surface area (Å²) < 4.78 is 7.66. The van der Waals surface area contributed by atoms with Gasteiger partial charge in [-0.3, -0.25) is 4.79 Å². The maximum atomic E-state index is 13.1. The fourth-order valence-corrected chi connectivity index (χ4v) is 2.92. The predicted molar refractivity (Wildman–Crippen MR) is 103 cm³/mol. The fourth-order valence-electron chi connectivity index (χ4n) is 2.92. The van der Waals surface area contributed by atoms with Gasteiger partial charge in [-0.15, -0.1) is 0 Å². The average molecular weight is 360 g/mol. The standard InChI is InChI=1S/C20H28N2O4/c1-5-6-9-26-17-15-10-13(19(24)25)7-8-14(15)18(23)22(16(17)11-21)12-20(2,3)4/h7-8,10H,5-6,9,11-12,21H2,1-4H3,(H,24,25). The minimum Gasteiger partial charge on any atom is -0.491 e. The van der Waals surface area contributed by atoms with E-state index in [0.29, 0.717) is 35.4 Å². The molecular weight excluding hydrogens is 332 g/mol. The van der Waals surface area contributed by atoms with Gasteiger partial charge < -0.3 is 20.1 Å². The molecule has 0 amide bonds. The molecule has 0 aliphatic carbocycles. The van der Waals surface area contributed by atoms with Crippen molar-refractivity contribution in [2.45, 2.75) is 53.6 Å². The van der Waals surface area contributed by atoms with E-state index in [9.17, 15) is 14.7 Å². The summed E-state index contributed by atoms with van der Waals surface area (Å²) in [6.45, 7) is 9.34. The Morgan fingerprint density at radius 3 is 2.50 bits per heavy atom. The Labute approximate surface area is 153 Å². The number of benzene rings is 1. The third-order valence-corrected chi connectivity index (χ3v) is 4.14. The highest BCUT2D eigenvalue weighted by Crippen LogP contribution is 2.30. The molecule has 0 bridgehead atoms. The molecule has 0 unspecified atom stereocenters. The summed E-state index contributed by atoms with van der Waals surface area (Å²) in [4.78, 5) is 24.4. The zero-order chi connectivity index (χ0) is 19.5. The third kappa shape index (κ3) is 4.25. The van der Waals surface area contributed by atoms with Gasteiger partial charge in [0.25, 0.3) is 5.56 Å². The Morgan fingerprint density at radius 2 is 1.96 bits per heavy atom. The highest BCUT2D eigenvalue weighted by Gasteiger charge is 2.22. The van der Waals surface area contributed by atoms with Crippen molar-refractivity contribution >= 4 is 16.7 Å². The van der Waals surface area contributed by atoms with E-state index in [0.717, 1.165) is 12.8 Å². The minimum atomic E-state index is -1.04. The van der Waals surface area contributed by atoms with E-state index in [4.69, 9.17) is 10.5 Å². The Hall–Kier alpha value is -2.34. The van der Waals surface area contributed by atoms with E-state index in [1.54, 1.807) is 10.6 Å². The number of fused-ring (bicyclic) bond motifs is 1. The molecule has 0 spiro atoms. The molecule has 2 rings (SSSR count). The lowest BCUT2D eigenvalue weighted by Gasteiger charge is -2.25. The van der Waals surface area contributed by atoms with E-state index < -0.39 is 5.97 Å². The number of hydrogen-bond donors (Lipinski definition) is 2. The van der Waals surface area contributed by atoms with Crippen LogP contribution in [0.5, 0.6) is 5.75 Å². The predicted octanol–water partition coefficient (Wildman–Crippen LogP) is 3.38. The monoisotopic (exact) mass is 360 g/mol. The summed E-state index contributed by atoms with van der Waals surface area (Å²) in [5.74, 6) is -0.525. The van der Waals surface area contributed by atoms with Crippen molar-refractivity contribution < 1.29 is 14.6 Å². The Kier molecular flexibility index (Phi) is 6.08. The third-order valence-electron chi connectivity index (χ3n) is 4.14. The van der Waals surface area contributed by atoms with Gasteiger partial charge in [0.1, 0.15) is 5.75 Å². The molecule has 0 saturated carbocycles. The van der Waals surface area contributed by atoms with Gasteiger partial charge in [-0.25, -0.2) is 4.79 Å². The van der Waals surface area contributed by atoms with Crippen LogP contribution in [0.3, 0.4) is 0 Å². The SMILES string of the molecule is CCCCOc1c(CN)n(CC(C)(C)C)c(=O)c2ccc(C(=O)O)cc12. The van der Waals surface area contributed by atoms with Crippen LogP contribution in [0.4, 0.5) is 0 Å². The molecule has 0 aliphatic heterocycles. The lowest BCUT2D eigenvalue weighted by molar-refractivity contribution is 0.0697. The van der Waals surface area contributed by atoms with Crippen molar-refractivity contribution in [2.75, 3.05) is 6.61 Å². The van der Waals surface area contributed by atoms with Crippen LogP contribution in [0.2, 0.25) is 0 Å². The first kappa shape index (κ1) is 20.0. The maximum absolute atomic E-state index is 13.1. The van der Waals surface area contributed by atoms with Crippen molar-refractivity contribution in [2.24, 2.45) is 11.1 Å². The second-order valence-corrected chi connectivity index (χ2v) is 7.70. The van der Waals surface area contributed by atoms with Crippen molar-refractivity contribution in [3.05, 3.63) is 39.8 Å². The zero-order valence-electron chi connectivity index (χ0n) is 16.0. The quantitative estimate of drug-likeness (QED) is 0.738. The second kappa shape index (κ2) is 7.91. The van der Waals surface area contributed by atoms with Gasteiger partial charge in [-0.1, -0.05) is 34.1 Å². The fraction of sp³-hybridized carbons (Fsp3) is 0.500. The van der Waals surface area contributed by atoms with Gasteiger partial charge in [0.05, 0.1) is 23.3 Å². The number of hydrogen-bond acceptors (Lipinski definition) is 4. The normalized spacial score (nSPS) is 11.7. The molecule has 0 atom stereocenters. The lowest BCUT2D eigenvalue weighted by Crippen LogP contribution is -2.31. The molecule has 2 aromatic rings. The number of aromatic nitrogens is 1. The number of rotatable bonds is 7. The molecule has 1 heterocycles. The Morgan fingerprint density at radius 1 is 1.27 bits per heavy atom. The van der Waals surface area contributed by atoms with Crippen LogP contribution in [0.1, 0.15) is 56.6 Å². The highest BCUT2D eigenvalue weighted by molar-refractivity contribution is 5.96. The first-order valence-electron chi connectivity index (χ1n) is 8.95. The van der Waals surface area contributed by atoms with Crippen molar-refractivity contribution in [1.29, 1.82) is 0 Å². The van der Waals surface area contributed by atoms with Crippen molar-refractivity contribution in [3.8, 4) is 5.75 Å². The summed E-state index contributed by atoms with van der Waals surface area (Å²) in [5.41, 5.74) is 6.41. The number of ether oxygens (including phenoxy) is 1. The maximum Gasteiger partial charge on any atom is 0.335 e. The van der Waals surface area contributed by atoms with Crippen LogP contribution in [-0.2, 0) is 13.1 Å². The van der Waals surface area contributed by atoms with Gasteiger partial charge in [-0.2, -0.15) is 0 Å². The smallest absolute Gasteiger partial charge is 0.335 e. The summed E-state index contributed by atoms with van der Waals surface area (Å²) in [7, 11) is 0. The molecule has 3 N–H and O–H groups in total. The van der Waals surface area contributed by atoms with Crippen molar-refractivity contribution in [3.63, 3.8) is 0 Å². The number of carboxylic acids is 1. The Bertz CT molecular complexity index is 863. The molecule has 26 heavy (non-hydrogen) atoms. The van der Waals surface area contributed by atoms with Crippen LogP contribution < -0.4 is 16.0 Å². The van der Waals surface area contributed by atoms with Crippen LogP contribution in [0.15, 0.2) is 23.0 Å². The first-order valence-corrected chi connectivity index (χ1v) is 8.95. The number of nitrogens with two attached hydrogens (primary N) is 1. The minimum absolute atomic E-state index is 0.119. The van der Waals surface area contributed by atoms with Gasteiger partial charge in [0.2, 0.25) is 0 Å². The molecule has 0 saturated heterocycles. The number of pyridine rings is 1. The molecule has 1 aromatic carbocycles. The molecule has 0 fully saturated rings. The topological polar surface area (TPSA) is 94.5 Å². The molecule has 6 nitrogen and oxygen atoms in total. The summed E-state index contributed by atoms with van der Waals surface area (Å²) >= 11 is 0. The lowest BCUT2D eigenvalue weighted by atomic mass is 9.96. The number of aromatic carboxylic acids is 1. The number of nitrogens with zero attached hydrogens (tertiary/aromatic N) is 1. The molecular formula is C20H28N2O4. The van der Waals surface area contributed by atoms with Crippen LogP contribution in [0.25, 0.3) is 10.8 Å².